The van der Waals surface area contributed by atoms with Crippen molar-refractivity contribution in [1.82, 2.24) is 15.5 Å². The number of likely N-dealkylation sites (tertiary alicyclic amines) is 1. The average molecular weight is 408 g/mol. The van der Waals surface area contributed by atoms with Gasteiger partial charge in [0.25, 0.3) is 5.91 Å². The Balaban J connectivity index is 1.38. The molecule has 1 saturated carbocycles. The molecule has 1 heterocycles. The molecule has 2 fully saturated rings. The molecule has 1 saturated heterocycles. The lowest BCUT2D eigenvalue weighted by atomic mass is 9.88. The van der Waals surface area contributed by atoms with E-state index in [-0.39, 0.29) is 30.1 Å². The van der Waals surface area contributed by atoms with Crippen LogP contribution >= 0.6 is 0 Å². The van der Waals surface area contributed by atoms with Crippen LogP contribution in [0.2, 0.25) is 0 Å². The average Bonchev–Trinajstić information content (AvgIpc) is 2.68. The van der Waals surface area contributed by atoms with Crippen LogP contribution in [0.5, 0.6) is 0 Å². The van der Waals surface area contributed by atoms with Crippen molar-refractivity contribution in [2.75, 3.05) is 19.6 Å². The molecule has 0 radical (unpaired) electrons. The predicted octanol–water partition coefficient (Wildman–Crippen LogP) is 2.47. The number of benzene rings is 1. The minimum Gasteiger partial charge on any atom is -0.349 e. The third kappa shape index (κ3) is 5.48. The standard InChI is InChI=1S/C20H23F3N4O2/c1-24-15-5-7-17(8-6-15)27-11-16(12-27)26-18(28)10-25-19(29)13-3-2-4-14(9-13)20(21,22)23/h2-4,9,15-17H,5-8,10-12H2,(H,25,29)(H,26,28). The van der Waals surface area contributed by atoms with Crippen molar-refractivity contribution in [3.8, 4) is 0 Å². The number of rotatable bonds is 5. The topological polar surface area (TPSA) is 65.8 Å². The highest BCUT2D eigenvalue weighted by Crippen LogP contribution is 2.30. The maximum atomic E-state index is 12.7. The van der Waals surface area contributed by atoms with E-state index in [0.29, 0.717) is 6.04 Å². The molecule has 1 aliphatic carbocycles. The van der Waals surface area contributed by atoms with Gasteiger partial charge in [0.2, 0.25) is 11.9 Å². The van der Waals surface area contributed by atoms with Crippen LogP contribution in [0.4, 0.5) is 13.2 Å². The summed E-state index contributed by atoms with van der Waals surface area (Å²) in [7, 11) is 0. The summed E-state index contributed by atoms with van der Waals surface area (Å²) in [6, 6.07) is 4.69. The van der Waals surface area contributed by atoms with Crippen molar-refractivity contribution >= 4 is 11.8 Å². The molecular formula is C20H23F3N4O2. The first kappa shape index (κ1) is 21.1. The summed E-state index contributed by atoms with van der Waals surface area (Å²) in [5, 5.41) is 5.18. The highest BCUT2D eigenvalue weighted by molar-refractivity contribution is 5.96. The van der Waals surface area contributed by atoms with E-state index in [4.69, 9.17) is 6.57 Å². The third-order valence-electron chi connectivity index (χ3n) is 5.50. The zero-order chi connectivity index (χ0) is 21.0. The van der Waals surface area contributed by atoms with Crippen LogP contribution in [0.3, 0.4) is 0 Å². The number of carbonyl (C=O) groups excluding carboxylic acids is 2. The van der Waals surface area contributed by atoms with Gasteiger partial charge in [-0.3, -0.25) is 14.5 Å². The monoisotopic (exact) mass is 408 g/mol. The van der Waals surface area contributed by atoms with E-state index in [1.807, 2.05) is 0 Å². The molecule has 9 heteroatoms. The van der Waals surface area contributed by atoms with Crippen LogP contribution < -0.4 is 10.6 Å². The molecule has 1 aromatic rings. The molecule has 156 valence electrons. The minimum atomic E-state index is -4.53. The number of nitrogens with zero attached hydrogens (tertiary/aromatic N) is 2. The van der Waals surface area contributed by atoms with Crippen LogP contribution in [0.1, 0.15) is 41.6 Å². The SMILES string of the molecule is [C-]#[N+]C1CCC(N2CC(NC(=O)CNC(=O)c3cccc(C(F)(F)F)c3)C2)CC1. The van der Waals surface area contributed by atoms with Gasteiger partial charge < -0.3 is 15.5 Å². The van der Waals surface area contributed by atoms with E-state index in [0.717, 1.165) is 57.0 Å². The van der Waals surface area contributed by atoms with Gasteiger partial charge in [0.05, 0.1) is 18.2 Å². The lowest BCUT2D eigenvalue weighted by Gasteiger charge is -2.45. The van der Waals surface area contributed by atoms with Crippen molar-refractivity contribution in [2.45, 2.75) is 50.0 Å². The number of alkyl halides is 3. The fraction of sp³-hybridized carbons (Fsp3) is 0.550. The number of carbonyl (C=O) groups is 2. The second-order valence-corrected chi connectivity index (χ2v) is 7.57. The Labute approximate surface area is 167 Å². The number of hydrogen-bond acceptors (Lipinski definition) is 3. The van der Waals surface area contributed by atoms with Gasteiger partial charge in [0, 0.05) is 37.5 Å². The molecule has 2 aliphatic rings. The molecule has 1 aliphatic heterocycles. The van der Waals surface area contributed by atoms with Gasteiger partial charge in [-0.2, -0.15) is 13.2 Å². The van der Waals surface area contributed by atoms with E-state index in [1.165, 1.54) is 6.07 Å². The van der Waals surface area contributed by atoms with Crippen molar-refractivity contribution in [3.05, 3.63) is 46.8 Å². The lowest BCUT2D eigenvalue weighted by molar-refractivity contribution is -0.137. The van der Waals surface area contributed by atoms with E-state index in [1.54, 1.807) is 0 Å². The summed E-state index contributed by atoms with van der Waals surface area (Å²) in [4.78, 5) is 29.9. The molecule has 6 nitrogen and oxygen atoms in total. The molecule has 1 aromatic carbocycles. The first-order valence-corrected chi connectivity index (χ1v) is 9.61. The van der Waals surface area contributed by atoms with Gasteiger partial charge in [-0.1, -0.05) is 6.07 Å². The van der Waals surface area contributed by atoms with Crippen LogP contribution in [-0.2, 0) is 11.0 Å². The highest BCUT2D eigenvalue weighted by Gasteiger charge is 2.36. The maximum absolute atomic E-state index is 12.7. The molecule has 0 unspecified atom stereocenters. The predicted molar refractivity (Wildman–Crippen MR) is 99.9 cm³/mol. The molecule has 3 rings (SSSR count). The molecule has 0 bridgehead atoms. The Kier molecular flexibility index (Phi) is 6.42. The number of hydrogen-bond donors (Lipinski definition) is 2. The van der Waals surface area contributed by atoms with Gasteiger partial charge >= 0.3 is 6.18 Å². The molecular weight excluding hydrogens is 385 g/mol. The Hall–Kier alpha value is -2.60. The fourth-order valence-corrected chi connectivity index (χ4v) is 3.83. The zero-order valence-electron chi connectivity index (χ0n) is 15.8. The zero-order valence-corrected chi connectivity index (χ0v) is 15.8. The van der Waals surface area contributed by atoms with Gasteiger partial charge in [-0.05, 0) is 31.0 Å². The number of halogens is 3. The summed E-state index contributed by atoms with van der Waals surface area (Å²) in [5.41, 5.74) is -1.05. The largest absolute Gasteiger partial charge is 0.416 e. The summed E-state index contributed by atoms with van der Waals surface area (Å²) in [6.45, 7) is 8.27. The van der Waals surface area contributed by atoms with Gasteiger partial charge in [-0.25, -0.2) is 6.57 Å². The smallest absolute Gasteiger partial charge is 0.349 e. The lowest BCUT2D eigenvalue weighted by Crippen LogP contribution is -2.63. The molecule has 0 atom stereocenters. The summed E-state index contributed by atoms with van der Waals surface area (Å²) in [6.07, 6.45) is -0.687. The van der Waals surface area contributed by atoms with Gasteiger partial charge in [0.1, 0.15) is 0 Å². The minimum absolute atomic E-state index is 0.00606. The Morgan fingerprint density at radius 2 is 1.86 bits per heavy atom. The second kappa shape index (κ2) is 8.82. The van der Waals surface area contributed by atoms with Crippen LogP contribution in [0.15, 0.2) is 24.3 Å². The van der Waals surface area contributed by atoms with Gasteiger partial charge in [-0.15, -0.1) is 0 Å². The normalized spacial score (nSPS) is 23.0. The number of nitrogens with one attached hydrogen (secondary N) is 2. The Morgan fingerprint density at radius 1 is 1.17 bits per heavy atom. The van der Waals surface area contributed by atoms with E-state index < -0.39 is 17.6 Å². The van der Waals surface area contributed by atoms with E-state index in [9.17, 15) is 22.8 Å². The van der Waals surface area contributed by atoms with Gasteiger partial charge in [0.15, 0.2) is 0 Å². The second-order valence-electron chi connectivity index (χ2n) is 7.57. The fourth-order valence-electron chi connectivity index (χ4n) is 3.83. The van der Waals surface area contributed by atoms with Crippen molar-refractivity contribution in [3.63, 3.8) is 0 Å². The molecule has 2 amide bonds. The first-order valence-electron chi connectivity index (χ1n) is 9.61. The van der Waals surface area contributed by atoms with Crippen LogP contribution in [0.25, 0.3) is 4.85 Å². The van der Waals surface area contributed by atoms with Crippen molar-refractivity contribution in [1.29, 1.82) is 0 Å². The first-order chi connectivity index (χ1) is 13.8. The summed E-state index contributed by atoms with van der Waals surface area (Å²) >= 11 is 0. The molecule has 0 spiro atoms. The third-order valence-corrected chi connectivity index (χ3v) is 5.50. The molecule has 29 heavy (non-hydrogen) atoms. The Bertz CT molecular complexity index is 792. The van der Waals surface area contributed by atoms with Crippen LogP contribution in [0, 0.1) is 6.57 Å². The van der Waals surface area contributed by atoms with E-state index >= 15 is 0 Å². The molecule has 0 aromatic heterocycles. The van der Waals surface area contributed by atoms with E-state index in [2.05, 4.69) is 20.4 Å². The Morgan fingerprint density at radius 3 is 2.48 bits per heavy atom. The summed E-state index contributed by atoms with van der Waals surface area (Å²) < 4.78 is 38.2. The maximum Gasteiger partial charge on any atom is 0.416 e. The van der Waals surface area contributed by atoms with Crippen molar-refractivity contribution < 1.29 is 22.8 Å². The highest BCUT2D eigenvalue weighted by atomic mass is 19.4. The van der Waals surface area contributed by atoms with Crippen molar-refractivity contribution in [2.24, 2.45) is 0 Å². The quantitative estimate of drug-likeness (QED) is 0.736. The number of amides is 2. The molecule has 2 N–H and O–H groups in total. The van der Waals surface area contributed by atoms with Crippen LogP contribution in [-0.4, -0.2) is 54.5 Å². The summed E-state index contributed by atoms with van der Waals surface area (Å²) in [5.74, 6) is -1.09.